The Balaban J connectivity index is 2.01. The van der Waals surface area contributed by atoms with Gasteiger partial charge in [-0.25, -0.2) is 4.79 Å². The highest BCUT2D eigenvalue weighted by Crippen LogP contribution is 2.34. The summed E-state index contributed by atoms with van der Waals surface area (Å²) >= 11 is 0. The van der Waals surface area contributed by atoms with Gasteiger partial charge >= 0.3 is 5.97 Å². The second-order valence-electron chi connectivity index (χ2n) is 6.26. The SMILES string of the molecule is COc1ccc(CCC(=O)c2c(O)cc(OCCC(O)C(=O)O)cc2O)cc1O. The summed E-state index contributed by atoms with van der Waals surface area (Å²) in [5.74, 6) is -2.59. The van der Waals surface area contributed by atoms with E-state index in [1.54, 1.807) is 12.1 Å². The van der Waals surface area contributed by atoms with Crippen LogP contribution in [0.4, 0.5) is 0 Å². The maximum Gasteiger partial charge on any atom is 0.332 e. The fourth-order valence-corrected chi connectivity index (χ4v) is 2.64. The first-order chi connectivity index (χ1) is 13.7. The average Bonchev–Trinajstić information content (AvgIpc) is 2.65. The Hall–Kier alpha value is -3.46. The predicted octanol–water partition coefficient (Wildman–Crippen LogP) is 1.84. The third-order valence-corrected chi connectivity index (χ3v) is 4.18. The molecule has 1 atom stereocenters. The Morgan fingerprint density at radius 3 is 2.24 bits per heavy atom. The van der Waals surface area contributed by atoms with E-state index in [-0.39, 0.29) is 42.9 Å². The second-order valence-corrected chi connectivity index (χ2v) is 6.26. The van der Waals surface area contributed by atoms with Crippen LogP contribution in [0.1, 0.15) is 28.8 Å². The molecule has 156 valence electrons. The van der Waals surface area contributed by atoms with Gasteiger partial charge in [0, 0.05) is 25.0 Å². The number of benzene rings is 2. The summed E-state index contributed by atoms with van der Waals surface area (Å²) < 4.78 is 10.1. The van der Waals surface area contributed by atoms with E-state index in [0.717, 1.165) is 12.1 Å². The quantitative estimate of drug-likeness (QED) is 0.372. The number of aliphatic carboxylic acids is 1. The van der Waals surface area contributed by atoms with Crippen molar-refractivity contribution in [2.24, 2.45) is 0 Å². The number of aromatic hydroxyl groups is 3. The van der Waals surface area contributed by atoms with E-state index in [4.69, 9.17) is 14.6 Å². The van der Waals surface area contributed by atoms with Crippen molar-refractivity contribution in [3.8, 4) is 28.7 Å². The van der Waals surface area contributed by atoms with Crippen LogP contribution >= 0.6 is 0 Å². The summed E-state index contributed by atoms with van der Waals surface area (Å²) in [5, 5.41) is 47.7. The smallest absolute Gasteiger partial charge is 0.332 e. The summed E-state index contributed by atoms with van der Waals surface area (Å²) in [7, 11) is 1.42. The summed E-state index contributed by atoms with van der Waals surface area (Å²) in [6.07, 6.45) is -1.54. The van der Waals surface area contributed by atoms with Gasteiger partial charge in [-0.2, -0.15) is 0 Å². The minimum absolute atomic E-state index is 0.0224. The lowest BCUT2D eigenvalue weighted by atomic mass is 10.0. The Morgan fingerprint density at radius 1 is 1.03 bits per heavy atom. The molecule has 0 aliphatic rings. The van der Waals surface area contributed by atoms with E-state index >= 15 is 0 Å². The lowest BCUT2D eigenvalue weighted by Crippen LogP contribution is -2.21. The van der Waals surface area contributed by atoms with Crippen LogP contribution in [0.5, 0.6) is 28.7 Å². The van der Waals surface area contributed by atoms with Crippen LogP contribution in [0.15, 0.2) is 30.3 Å². The molecule has 0 saturated heterocycles. The predicted molar refractivity (Wildman–Crippen MR) is 101 cm³/mol. The maximum absolute atomic E-state index is 12.4. The molecule has 0 aliphatic carbocycles. The third-order valence-electron chi connectivity index (χ3n) is 4.18. The van der Waals surface area contributed by atoms with Gasteiger partial charge in [-0.1, -0.05) is 6.07 Å². The highest BCUT2D eigenvalue weighted by atomic mass is 16.5. The number of hydrogen-bond acceptors (Lipinski definition) is 8. The van der Waals surface area contributed by atoms with Gasteiger partial charge in [-0.05, 0) is 24.1 Å². The summed E-state index contributed by atoms with van der Waals surface area (Å²) in [5.41, 5.74) is 0.410. The van der Waals surface area contributed by atoms with E-state index in [9.17, 15) is 30.0 Å². The van der Waals surface area contributed by atoms with Crippen molar-refractivity contribution in [3.05, 3.63) is 41.5 Å². The van der Waals surface area contributed by atoms with Crippen LogP contribution in [-0.4, -0.2) is 57.1 Å². The number of aliphatic hydroxyl groups excluding tert-OH is 1. The zero-order valence-corrected chi connectivity index (χ0v) is 15.7. The molecule has 0 heterocycles. The van der Waals surface area contributed by atoms with Gasteiger partial charge in [0.2, 0.25) is 0 Å². The van der Waals surface area contributed by atoms with Crippen LogP contribution in [0, 0.1) is 0 Å². The fourth-order valence-electron chi connectivity index (χ4n) is 2.64. The standard InChI is InChI=1S/C20H22O9/c1-28-18-5-3-11(8-15(18)23)2-4-13(21)19-16(24)9-12(10-17(19)25)29-7-6-14(22)20(26)27/h3,5,8-10,14,22-25H,2,4,6-7H2,1H3,(H,26,27). The molecule has 0 amide bonds. The zero-order valence-electron chi connectivity index (χ0n) is 15.7. The Bertz CT molecular complexity index is 869. The molecule has 1 unspecified atom stereocenters. The number of methoxy groups -OCH3 is 1. The lowest BCUT2D eigenvalue weighted by molar-refractivity contribution is -0.147. The summed E-state index contributed by atoms with van der Waals surface area (Å²) in [6.45, 7) is -0.166. The van der Waals surface area contributed by atoms with E-state index in [0.29, 0.717) is 11.3 Å². The molecule has 0 fully saturated rings. The molecule has 0 saturated carbocycles. The van der Waals surface area contributed by atoms with Gasteiger partial charge < -0.3 is 35.0 Å². The first-order valence-corrected chi connectivity index (χ1v) is 8.71. The number of phenols is 3. The fraction of sp³-hybridized carbons (Fsp3) is 0.300. The number of Topliss-reactive ketones (excluding diaryl/α,β-unsaturated/α-hetero) is 1. The number of ether oxygens (including phenoxy) is 2. The molecule has 0 bridgehead atoms. The van der Waals surface area contributed by atoms with Crippen LogP contribution in [0.3, 0.4) is 0 Å². The molecule has 9 heteroatoms. The van der Waals surface area contributed by atoms with Gasteiger partial charge in [0.05, 0.1) is 13.7 Å². The van der Waals surface area contributed by atoms with Crippen LogP contribution in [0.2, 0.25) is 0 Å². The number of phenolic OH excluding ortho intramolecular Hbond substituents is 3. The minimum Gasteiger partial charge on any atom is -0.507 e. The highest BCUT2D eigenvalue weighted by Gasteiger charge is 2.19. The van der Waals surface area contributed by atoms with Gasteiger partial charge in [0.1, 0.15) is 22.8 Å². The number of carbonyl (C=O) groups is 2. The number of ketones is 1. The molecule has 0 spiro atoms. The average molecular weight is 406 g/mol. The Kier molecular flexibility index (Phi) is 7.27. The number of aliphatic hydroxyl groups is 1. The van der Waals surface area contributed by atoms with Gasteiger partial charge in [0.25, 0.3) is 0 Å². The third kappa shape index (κ3) is 5.76. The summed E-state index contributed by atoms with van der Waals surface area (Å²) in [6, 6.07) is 6.97. The second kappa shape index (κ2) is 9.65. The first-order valence-electron chi connectivity index (χ1n) is 8.71. The van der Waals surface area contributed by atoms with Crippen molar-refractivity contribution in [3.63, 3.8) is 0 Å². The minimum atomic E-state index is -1.59. The van der Waals surface area contributed by atoms with E-state index in [1.165, 1.54) is 13.2 Å². The van der Waals surface area contributed by atoms with E-state index in [2.05, 4.69) is 0 Å². The molecular formula is C20H22O9. The van der Waals surface area contributed by atoms with Gasteiger partial charge in [0.15, 0.2) is 23.4 Å². The molecule has 2 rings (SSSR count). The van der Waals surface area contributed by atoms with Crippen molar-refractivity contribution in [2.75, 3.05) is 13.7 Å². The number of rotatable bonds is 10. The highest BCUT2D eigenvalue weighted by molar-refractivity contribution is 6.01. The number of aryl methyl sites for hydroxylation is 1. The first kappa shape index (κ1) is 21.8. The van der Waals surface area contributed by atoms with Crippen LogP contribution < -0.4 is 9.47 Å². The van der Waals surface area contributed by atoms with Crippen LogP contribution in [-0.2, 0) is 11.2 Å². The monoisotopic (exact) mass is 406 g/mol. The Labute approximate surface area is 166 Å². The summed E-state index contributed by atoms with van der Waals surface area (Å²) in [4.78, 5) is 23.0. The van der Waals surface area contributed by atoms with E-state index < -0.39 is 29.4 Å². The maximum atomic E-state index is 12.4. The van der Waals surface area contributed by atoms with Crippen molar-refractivity contribution in [1.29, 1.82) is 0 Å². The molecule has 0 radical (unpaired) electrons. The number of hydrogen-bond donors (Lipinski definition) is 5. The molecular weight excluding hydrogens is 384 g/mol. The van der Waals surface area contributed by atoms with Crippen molar-refractivity contribution in [2.45, 2.75) is 25.4 Å². The number of carboxylic acid groups (broad SMARTS) is 1. The molecule has 5 N–H and O–H groups in total. The van der Waals surface area contributed by atoms with Crippen molar-refractivity contribution < 1.29 is 44.6 Å². The lowest BCUT2D eigenvalue weighted by Gasteiger charge is -2.12. The van der Waals surface area contributed by atoms with Gasteiger partial charge in [-0.3, -0.25) is 4.79 Å². The zero-order chi connectivity index (χ0) is 21.6. The van der Waals surface area contributed by atoms with E-state index in [1.807, 2.05) is 0 Å². The molecule has 2 aromatic carbocycles. The number of carbonyl (C=O) groups excluding carboxylic acids is 1. The molecule has 29 heavy (non-hydrogen) atoms. The van der Waals surface area contributed by atoms with Gasteiger partial charge in [-0.15, -0.1) is 0 Å². The molecule has 9 nitrogen and oxygen atoms in total. The van der Waals surface area contributed by atoms with Crippen molar-refractivity contribution in [1.82, 2.24) is 0 Å². The molecule has 2 aromatic rings. The normalized spacial score (nSPS) is 11.7. The molecule has 0 aliphatic heterocycles. The van der Waals surface area contributed by atoms with Crippen molar-refractivity contribution >= 4 is 11.8 Å². The molecule has 0 aromatic heterocycles. The number of carboxylic acids is 1. The largest absolute Gasteiger partial charge is 0.507 e. The van der Waals surface area contributed by atoms with Crippen LogP contribution in [0.25, 0.3) is 0 Å². The topological polar surface area (TPSA) is 154 Å². The Morgan fingerprint density at radius 2 is 1.69 bits per heavy atom.